The van der Waals surface area contributed by atoms with Crippen molar-refractivity contribution in [1.82, 2.24) is 4.98 Å². The van der Waals surface area contributed by atoms with Crippen LogP contribution >= 0.6 is 23.2 Å². The van der Waals surface area contributed by atoms with Gasteiger partial charge in [-0.05, 0) is 0 Å². The molecule has 2 rings (SSSR count). The predicted octanol–water partition coefficient (Wildman–Crippen LogP) is 1.96. The third-order valence-corrected chi connectivity index (χ3v) is 3.09. The molecule has 88 valence electrons. The number of nitrogens with two attached hydrogens (primary N) is 1. The minimum atomic E-state index is -0.104. The molecule has 0 radical (unpaired) electrons. The monoisotopic (exact) mass is 269 g/mol. The Bertz CT molecular complexity index is 524. The zero-order valence-electron chi connectivity index (χ0n) is 8.78. The second-order valence-electron chi connectivity index (χ2n) is 3.74. The molecule has 0 saturated carbocycles. The lowest BCUT2D eigenvalue weighted by Crippen LogP contribution is -2.25. The van der Waals surface area contributed by atoms with Gasteiger partial charge in [-0.15, -0.1) is 12.3 Å². The molecule has 4 nitrogen and oxygen atoms in total. The van der Waals surface area contributed by atoms with Crippen molar-refractivity contribution in [2.45, 2.75) is 6.42 Å². The first-order valence-corrected chi connectivity index (χ1v) is 5.66. The van der Waals surface area contributed by atoms with E-state index in [9.17, 15) is 4.79 Å². The van der Waals surface area contributed by atoms with E-state index >= 15 is 0 Å². The number of nitrogen functional groups attached to an aromatic ring is 1. The third-order valence-electron chi connectivity index (χ3n) is 2.61. The SMILES string of the molecule is C#CC1CC(=O)N(c2cc(Cl)nc(Cl)c2N)C1. The summed E-state index contributed by atoms with van der Waals surface area (Å²) in [6.07, 6.45) is 5.62. The van der Waals surface area contributed by atoms with E-state index < -0.39 is 0 Å². The fourth-order valence-corrected chi connectivity index (χ4v) is 2.18. The Labute approximate surface area is 109 Å². The maximum absolute atomic E-state index is 11.8. The number of aromatic nitrogens is 1. The number of carbonyl (C=O) groups excluding carboxylic acids is 1. The molecule has 0 aromatic carbocycles. The lowest BCUT2D eigenvalue weighted by atomic mass is 10.1. The fraction of sp³-hybridized carbons (Fsp3) is 0.273. The highest BCUT2D eigenvalue weighted by Crippen LogP contribution is 2.34. The molecule has 2 heterocycles. The maximum Gasteiger partial charge on any atom is 0.228 e. The van der Waals surface area contributed by atoms with Crippen LogP contribution in [-0.2, 0) is 4.79 Å². The number of amides is 1. The molecule has 1 atom stereocenters. The molecule has 1 amide bonds. The Morgan fingerprint density at radius 2 is 2.29 bits per heavy atom. The van der Waals surface area contributed by atoms with E-state index in [0.717, 1.165) is 0 Å². The quantitative estimate of drug-likeness (QED) is 0.626. The Morgan fingerprint density at radius 1 is 1.59 bits per heavy atom. The number of rotatable bonds is 1. The summed E-state index contributed by atoms with van der Waals surface area (Å²) in [4.78, 5) is 17.1. The van der Waals surface area contributed by atoms with Crippen molar-refractivity contribution in [3.63, 3.8) is 0 Å². The number of anilines is 2. The summed E-state index contributed by atoms with van der Waals surface area (Å²) in [5.74, 6) is 2.37. The molecule has 17 heavy (non-hydrogen) atoms. The van der Waals surface area contributed by atoms with Crippen LogP contribution in [0.2, 0.25) is 10.3 Å². The molecule has 1 aromatic heterocycles. The van der Waals surface area contributed by atoms with Gasteiger partial charge in [0.1, 0.15) is 5.15 Å². The second kappa shape index (κ2) is 4.44. The van der Waals surface area contributed by atoms with Crippen LogP contribution in [0.3, 0.4) is 0 Å². The molecular weight excluding hydrogens is 261 g/mol. The summed E-state index contributed by atoms with van der Waals surface area (Å²) in [6, 6.07) is 1.51. The normalized spacial score (nSPS) is 19.5. The van der Waals surface area contributed by atoms with Crippen LogP contribution in [-0.4, -0.2) is 17.4 Å². The van der Waals surface area contributed by atoms with Gasteiger partial charge in [0, 0.05) is 24.9 Å². The molecular formula is C11H9Cl2N3O. The van der Waals surface area contributed by atoms with E-state index in [2.05, 4.69) is 10.9 Å². The summed E-state index contributed by atoms with van der Waals surface area (Å²) < 4.78 is 0. The van der Waals surface area contributed by atoms with Gasteiger partial charge >= 0.3 is 0 Å². The summed E-state index contributed by atoms with van der Waals surface area (Å²) in [6.45, 7) is 0.427. The predicted molar refractivity (Wildman–Crippen MR) is 68.0 cm³/mol. The minimum absolute atomic E-state index is 0.0852. The largest absolute Gasteiger partial charge is 0.395 e. The Hall–Kier alpha value is -1.44. The number of nitrogens with zero attached hydrogens (tertiary/aromatic N) is 2. The number of hydrogen-bond donors (Lipinski definition) is 1. The van der Waals surface area contributed by atoms with Gasteiger partial charge in [0.15, 0.2) is 5.15 Å². The van der Waals surface area contributed by atoms with Crippen molar-refractivity contribution < 1.29 is 4.79 Å². The molecule has 0 aliphatic carbocycles. The van der Waals surface area contributed by atoms with Gasteiger partial charge in [-0.25, -0.2) is 4.98 Å². The Morgan fingerprint density at radius 3 is 2.88 bits per heavy atom. The number of terminal acetylenes is 1. The highest BCUT2D eigenvalue weighted by Gasteiger charge is 2.31. The van der Waals surface area contributed by atoms with Gasteiger partial charge < -0.3 is 10.6 Å². The first-order chi connectivity index (χ1) is 8.02. The molecule has 1 aliphatic rings. The van der Waals surface area contributed by atoms with Crippen LogP contribution in [0, 0.1) is 18.3 Å². The summed E-state index contributed by atoms with van der Waals surface area (Å²) >= 11 is 11.6. The van der Waals surface area contributed by atoms with Crippen LogP contribution in [0.25, 0.3) is 0 Å². The molecule has 1 unspecified atom stereocenters. The Kier molecular flexibility index (Phi) is 3.14. The topological polar surface area (TPSA) is 59.2 Å². The van der Waals surface area contributed by atoms with Gasteiger partial charge in [0.2, 0.25) is 5.91 Å². The van der Waals surface area contributed by atoms with Crippen LogP contribution < -0.4 is 10.6 Å². The third kappa shape index (κ3) is 2.17. The first-order valence-electron chi connectivity index (χ1n) is 4.91. The smallest absolute Gasteiger partial charge is 0.228 e. The average molecular weight is 270 g/mol. The number of halogens is 2. The number of carbonyl (C=O) groups is 1. The molecule has 0 bridgehead atoms. The van der Waals surface area contributed by atoms with Gasteiger partial charge in [-0.2, -0.15) is 0 Å². The zero-order chi connectivity index (χ0) is 12.6. The lowest BCUT2D eigenvalue weighted by Gasteiger charge is -2.18. The van der Waals surface area contributed by atoms with E-state index in [1.165, 1.54) is 11.0 Å². The maximum atomic E-state index is 11.8. The van der Waals surface area contributed by atoms with Crippen molar-refractivity contribution in [2.24, 2.45) is 5.92 Å². The molecule has 2 N–H and O–H groups in total. The minimum Gasteiger partial charge on any atom is -0.395 e. The molecule has 0 spiro atoms. The van der Waals surface area contributed by atoms with Crippen molar-refractivity contribution in [1.29, 1.82) is 0 Å². The average Bonchev–Trinajstić information content (AvgIpc) is 2.65. The molecule has 6 heteroatoms. The highest BCUT2D eigenvalue weighted by atomic mass is 35.5. The van der Waals surface area contributed by atoms with Crippen molar-refractivity contribution >= 4 is 40.5 Å². The fourth-order valence-electron chi connectivity index (χ4n) is 1.76. The van der Waals surface area contributed by atoms with Crippen molar-refractivity contribution in [3.8, 4) is 12.3 Å². The van der Waals surface area contributed by atoms with E-state index in [-0.39, 0.29) is 27.8 Å². The second-order valence-corrected chi connectivity index (χ2v) is 4.49. The van der Waals surface area contributed by atoms with Crippen LogP contribution in [0.5, 0.6) is 0 Å². The van der Waals surface area contributed by atoms with Crippen molar-refractivity contribution in [3.05, 3.63) is 16.4 Å². The molecule has 1 aromatic rings. The van der Waals surface area contributed by atoms with Gasteiger partial charge in [-0.1, -0.05) is 23.2 Å². The van der Waals surface area contributed by atoms with E-state index in [4.69, 9.17) is 35.4 Å². The summed E-state index contributed by atoms with van der Waals surface area (Å²) in [5, 5.41) is 0.278. The highest BCUT2D eigenvalue weighted by molar-refractivity contribution is 6.35. The number of hydrogen-bond acceptors (Lipinski definition) is 3. The van der Waals surface area contributed by atoms with E-state index in [1.54, 1.807) is 0 Å². The first kappa shape index (κ1) is 12.0. The van der Waals surface area contributed by atoms with Crippen LogP contribution in [0.4, 0.5) is 11.4 Å². The van der Waals surface area contributed by atoms with E-state index in [1.807, 2.05) is 0 Å². The standard InChI is InChI=1S/C11H9Cl2N3O/c1-2-6-3-9(17)16(5-6)7-4-8(12)15-11(13)10(7)14/h1,4,6H,3,5,14H2. The van der Waals surface area contributed by atoms with Gasteiger partial charge in [-0.3, -0.25) is 4.79 Å². The number of pyridine rings is 1. The molecule has 1 fully saturated rings. The van der Waals surface area contributed by atoms with Gasteiger partial charge in [0.05, 0.1) is 11.4 Å². The molecule has 1 aliphatic heterocycles. The van der Waals surface area contributed by atoms with Crippen molar-refractivity contribution in [2.75, 3.05) is 17.2 Å². The van der Waals surface area contributed by atoms with Gasteiger partial charge in [0.25, 0.3) is 0 Å². The zero-order valence-corrected chi connectivity index (χ0v) is 10.3. The lowest BCUT2D eigenvalue weighted by molar-refractivity contribution is -0.117. The van der Waals surface area contributed by atoms with Crippen LogP contribution in [0.1, 0.15) is 6.42 Å². The Balaban J connectivity index is 2.42. The summed E-state index contributed by atoms with van der Waals surface area (Å²) in [7, 11) is 0. The van der Waals surface area contributed by atoms with E-state index in [0.29, 0.717) is 18.7 Å². The molecule has 1 saturated heterocycles. The van der Waals surface area contributed by atoms with Crippen LogP contribution in [0.15, 0.2) is 6.07 Å². The summed E-state index contributed by atoms with van der Waals surface area (Å²) in [5.41, 5.74) is 6.49.